The van der Waals surface area contributed by atoms with Crippen LogP contribution in [0, 0.1) is 0 Å². The van der Waals surface area contributed by atoms with Crippen LogP contribution in [0.15, 0.2) is 188 Å². The van der Waals surface area contributed by atoms with E-state index in [-0.39, 0.29) is 0 Å². The number of imidazole rings is 1. The Balaban J connectivity index is 1.14. The molecule has 2 heterocycles. The van der Waals surface area contributed by atoms with Crippen molar-refractivity contribution < 1.29 is 0 Å². The van der Waals surface area contributed by atoms with Crippen LogP contribution in [0.3, 0.4) is 0 Å². The highest BCUT2D eigenvalue weighted by atomic mass is 15.1. The first kappa shape index (κ1) is 30.7. The van der Waals surface area contributed by atoms with Gasteiger partial charge in [-0.05, 0) is 121 Å². The molecule has 3 nitrogen and oxygen atoms in total. The van der Waals surface area contributed by atoms with E-state index in [0.29, 0.717) is 5.78 Å². The number of aromatic nitrogens is 3. The zero-order valence-corrected chi connectivity index (χ0v) is 30.7. The maximum absolute atomic E-state index is 4.79. The normalized spacial score (nSPS) is 12.2. The summed E-state index contributed by atoms with van der Waals surface area (Å²) < 4.78 is 1.97. The Kier molecular flexibility index (Phi) is 6.16. The van der Waals surface area contributed by atoms with E-state index in [0.717, 1.165) is 11.3 Å². The Morgan fingerprint density at radius 2 is 0.860 bits per heavy atom. The Morgan fingerprint density at radius 3 is 1.47 bits per heavy atom. The average molecular weight is 722 g/mol. The molecule has 57 heavy (non-hydrogen) atoms. The molecular weight excluding hydrogens is 691 g/mol. The lowest BCUT2D eigenvalue weighted by molar-refractivity contribution is 1.11. The summed E-state index contributed by atoms with van der Waals surface area (Å²) in [6, 6.07) is 63.2. The van der Waals surface area contributed by atoms with Crippen molar-refractivity contribution in [1.82, 2.24) is 14.4 Å². The summed E-state index contributed by atoms with van der Waals surface area (Å²) in [4.78, 5) is 9.22. The monoisotopic (exact) mass is 721 g/mol. The highest BCUT2D eigenvalue weighted by Gasteiger charge is 2.22. The van der Waals surface area contributed by atoms with E-state index >= 15 is 0 Å². The summed E-state index contributed by atoms with van der Waals surface area (Å²) in [5.74, 6) is 0.699. The number of hydrogen-bond acceptors (Lipinski definition) is 2. The van der Waals surface area contributed by atoms with E-state index in [1.54, 1.807) is 6.20 Å². The largest absolute Gasteiger partial charge is 0.291 e. The molecule has 0 atom stereocenters. The number of fused-ring (bicyclic) bond motifs is 5. The summed E-state index contributed by atoms with van der Waals surface area (Å²) in [5.41, 5.74) is 6.92. The molecule has 0 unspecified atom stereocenters. The molecule has 0 N–H and O–H groups in total. The lowest BCUT2D eigenvalue weighted by atomic mass is 9.82. The lowest BCUT2D eigenvalue weighted by Gasteiger charge is -2.21. The molecule has 262 valence electrons. The molecule has 2 aromatic heterocycles. The van der Waals surface area contributed by atoms with Crippen LogP contribution in [-0.2, 0) is 0 Å². The van der Waals surface area contributed by atoms with Gasteiger partial charge in [0, 0.05) is 24.2 Å². The average Bonchev–Trinajstić information content (AvgIpc) is 3.71. The first-order valence-electron chi connectivity index (χ1n) is 19.6. The van der Waals surface area contributed by atoms with Gasteiger partial charge in [-0.1, -0.05) is 158 Å². The van der Waals surface area contributed by atoms with E-state index in [2.05, 4.69) is 169 Å². The van der Waals surface area contributed by atoms with E-state index in [1.807, 2.05) is 22.9 Å². The summed E-state index contributed by atoms with van der Waals surface area (Å²) >= 11 is 0. The van der Waals surface area contributed by atoms with Crippen molar-refractivity contribution >= 4 is 92.0 Å². The maximum Gasteiger partial charge on any atom is 0.234 e. The Morgan fingerprint density at radius 1 is 0.368 bits per heavy atom. The van der Waals surface area contributed by atoms with Gasteiger partial charge in [0.05, 0.1) is 5.69 Å². The second kappa shape index (κ2) is 11.5. The first-order chi connectivity index (χ1) is 28.3. The lowest BCUT2D eigenvalue weighted by Crippen LogP contribution is -1.93. The first-order valence-corrected chi connectivity index (χ1v) is 19.6. The second-order valence-corrected chi connectivity index (χ2v) is 15.3. The number of hydrogen-bond donors (Lipinski definition) is 0. The van der Waals surface area contributed by atoms with Crippen LogP contribution < -0.4 is 0 Å². The molecule has 0 aliphatic rings. The number of benzene rings is 10. The zero-order chi connectivity index (χ0) is 37.2. The minimum atomic E-state index is 0.699. The van der Waals surface area contributed by atoms with E-state index in [9.17, 15) is 0 Å². The van der Waals surface area contributed by atoms with Crippen LogP contribution in [0.25, 0.3) is 125 Å². The highest BCUT2D eigenvalue weighted by Crippen LogP contribution is 2.49. The molecule has 0 bridgehead atoms. The second-order valence-electron chi connectivity index (χ2n) is 15.3. The maximum atomic E-state index is 4.79. The molecule has 0 saturated carbocycles. The molecule has 13 rings (SSSR count). The Hall–Kier alpha value is -7.62. The SMILES string of the molecule is c1ccc2c(-c3cc4cccc5c6cccc7ccc8cccc(c9cccc3c9c45)c8c76)c3ccccc3c(-c3ccc(-c4cn5cccnc5n4)cc3)c2c1. The van der Waals surface area contributed by atoms with Crippen molar-refractivity contribution in [3.63, 3.8) is 0 Å². The van der Waals surface area contributed by atoms with Crippen LogP contribution in [0.4, 0.5) is 0 Å². The van der Waals surface area contributed by atoms with Crippen LogP contribution in [0.5, 0.6) is 0 Å². The third-order valence-corrected chi connectivity index (χ3v) is 12.4. The van der Waals surface area contributed by atoms with Gasteiger partial charge in [0.2, 0.25) is 5.78 Å². The van der Waals surface area contributed by atoms with Crippen LogP contribution in [0.2, 0.25) is 0 Å². The standard InChI is InChI=1S/C54H31N3/c1-3-15-42-37(13-1)48(35-24-22-32(23-25-35)47-31-57-29-9-28-55-54(57)56-47)38-14-2-4-16-43(38)52(42)46-30-36-12-7-19-40-39-17-5-10-33-26-27-34-11-6-18-41(50(34)49(33)39)44-20-8-21-45(46)53(44)51(36)40/h1-31H. The molecule has 0 aliphatic carbocycles. The van der Waals surface area contributed by atoms with Crippen LogP contribution >= 0.6 is 0 Å². The number of nitrogens with zero attached hydrogens (tertiary/aromatic N) is 3. The predicted octanol–water partition coefficient (Wildman–Crippen LogP) is 14.4. The van der Waals surface area contributed by atoms with Gasteiger partial charge >= 0.3 is 0 Å². The van der Waals surface area contributed by atoms with Gasteiger partial charge in [0.1, 0.15) is 0 Å². The fourth-order valence-electron chi connectivity index (χ4n) is 10.0. The van der Waals surface area contributed by atoms with Gasteiger partial charge in [-0.25, -0.2) is 9.97 Å². The van der Waals surface area contributed by atoms with E-state index < -0.39 is 0 Å². The quantitative estimate of drug-likeness (QED) is 0.134. The summed E-state index contributed by atoms with van der Waals surface area (Å²) in [6.45, 7) is 0. The predicted molar refractivity (Wildman–Crippen MR) is 241 cm³/mol. The fourth-order valence-corrected chi connectivity index (χ4v) is 10.0. The smallest absolute Gasteiger partial charge is 0.234 e. The highest BCUT2D eigenvalue weighted by molar-refractivity contribution is 6.39. The van der Waals surface area contributed by atoms with Gasteiger partial charge in [0.25, 0.3) is 0 Å². The van der Waals surface area contributed by atoms with Crippen molar-refractivity contribution in [2.24, 2.45) is 0 Å². The third-order valence-electron chi connectivity index (χ3n) is 12.4. The van der Waals surface area contributed by atoms with Crippen molar-refractivity contribution in [2.45, 2.75) is 0 Å². The number of rotatable bonds is 3. The van der Waals surface area contributed by atoms with Gasteiger partial charge in [-0.3, -0.25) is 4.40 Å². The van der Waals surface area contributed by atoms with Gasteiger partial charge in [-0.15, -0.1) is 0 Å². The molecule has 13 aromatic rings. The van der Waals surface area contributed by atoms with Crippen molar-refractivity contribution in [2.75, 3.05) is 0 Å². The molecule has 0 fully saturated rings. The summed E-state index contributed by atoms with van der Waals surface area (Å²) in [7, 11) is 0. The van der Waals surface area contributed by atoms with Crippen molar-refractivity contribution in [1.29, 1.82) is 0 Å². The molecular formula is C54H31N3. The third kappa shape index (κ3) is 4.26. The van der Waals surface area contributed by atoms with Crippen LogP contribution in [0.1, 0.15) is 0 Å². The molecule has 3 heteroatoms. The van der Waals surface area contributed by atoms with Crippen molar-refractivity contribution in [3.8, 4) is 33.5 Å². The molecule has 0 saturated heterocycles. The van der Waals surface area contributed by atoms with Crippen LogP contribution in [-0.4, -0.2) is 14.4 Å². The summed E-state index contributed by atoms with van der Waals surface area (Å²) in [6.07, 6.45) is 5.81. The molecule has 0 amide bonds. The molecule has 0 radical (unpaired) electrons. The summed E-state index contributed by atoms with van der Waals surface area (Å²) in [5, 5.41) is 20.5. The Bertz CT molecular complexity index is 3710. The minimum Gasteiger partial charge on any atom is -0.291 e. The molecule has 0 aliphatic heterocycles. The minimum absolute atomic E-state index is 0.699. The van der Waals surface area contributed by atoms with Crippen molar-refractivity contribution in [3.05, 3.63) is 188 Å². The van der Waals surface area contributed by atoms with Gasteiger partial charge in [0.15, 0.2) is 0 Å². The topological polar surface area (TPSA) is 30.2 Å². The molecule has 11 aromatic carbocycles. The van der Waals surface area contributed by atoms with Gasteiger partial charge in [-0.2, -0.15) is 0 Å². The van der Waals surface area contributed by atoms with E-state index in [1.165, 1.54) is 108 Å². The van der Waals surface area contributed by atoms with Gasteiger partial charge < -0.3 is 0 Å². The zero-order valence-electron chi connectivity index (χ0n) is 30.7. The van der Waals surface area contributed by atoms with E-state index in [4.69, 9.17) is 4.98 Å². The molecule has 0 spiro atoms. The fraction of sp³-hybridized carbons (Fsp3) is 0. The Labute approximate surface area is 327 Å².